The maximum atomic E-state index is 5.97. The minimum absolute atomic E-state index is 0.338. The fraction of sp³-hybridized carbons (Fsp3) is 0.400. The van der Waals surface area contributed by atoms with Gasteiger partial charge in [0.1, 0.15) is 11.5 Å². The third-order valence-corrected chi connectivity index (χ3v) is 4.16. The van der Waals surface area contributed by atoms with Crippen LogP contribution in [0.4, 0.5) is 0 Å². The fourth-order valence-electron chi connectivity index (χ4n) is 2.80. The summed E-state index contributed by atoms with van der Waals surface area (Å²) < 4.78 is 11.3. The Morgan fingerprint density at radius 1 is 0.957 bits per heavy atom. The predicted octanol–water partition coefficient (Wildman–Crippen LogP) is 4.30. The van der Waals surface area contributed by atoms with Gasteiger partial charge in [-0.3, -0.25) is 0 Å². The first-order valence-corrected chi connectivity index (χ1v) is 8.27. The lowest BCUT2D eigenvalue weighted by Gasteiger charge is -2.18. The summed E-state index contributed by atoms with van der Waals surface area (Å²) in [4.78, 5) is 0. The summed E-state index contributed by atoms with van der Waals surface area (Å²) in [6, 6.07) is 16.3. The molecule has 3 nitrogen and oxygen atoms in total. The van der Waals surface area contributed by atoms with Gasteiger partial charge in [0.05, 0.1) is 13.7 Å². The van der Waals surface area contributed by atoms with E-state index in [-0.39, 0.29) is 0 Å². The Labute approximate surface area is 139 Å². The first-order chi connectivity index (χ1) is 11.3. The summed E-state index contributed by atoms with van der Waals surface area (Å²) >= 11 is 0. The standard InChI is InChI=1S/C20H27NO2/c1-16-9-3-5-12-19(16)23-14-8-7-10-17(15-21)18-11-4-6-13-20(18)22-2/h3-6,9,11-13,17H,7-8,10,14-15,21H2,1-2H3. The number of hydrogen-bond acceptors (Lipinski definition) is 3. The Hall–Kier alpha value is -2.00. The van der Waals surface area contributed by atoms with Crippen LogP contribution in [-0.2, 0) is 0 Å². The molecule has 0 fully saturated rings. The van der Waals surface area contributed by atoms with Gasteiger partial charge in [-0.1, -0.05) is 36.4 Å². The summed E-state index contributed by atoms with van der Waals surface area (Å²) in [5.74, 6) is 2.25. The summed E-state index contributed by atoms with van der Waals surface area (Å²) in [6.07, 6.45) is 3.17. The van der Waals surface area contributed by atoms with E-state index in [2.05, 4.69) is 19.1 Å². The first kappa shape index (κ1) is 17.4. The maximum absolute atomic E-state index is 5.97. The second-order valence-electron chi connectivity index (χ2n) is 5.78. The molecular weight excluding hydrogens is 286 g/mol. The van der Waals surface area contributed by atoms with Gasteiger partial charge >= 0.3 is 0 Å². The molecule has 1 atom stereocenters. The lowest BCUT2D eigenvalue weighted by Crippen LogP contribution is -2.14. The van der Waals surface area contributed by atoms with Gasteiger partial charge in [-0.2, -0.15) is 0 Å². The van der Waals surface area contributed by atoms with Gasteiger partial charge in [-0.05, 0) is 61.9 Å². The third-order valence-electron chi connectivity index (χ3n) is 4.16. The van der Waals surface area contributed by atoms with E-state index in [1.165, 1.54) is 11.1 Å². The van der Waals surface area contributed by atoms with Crippen LogP contribution in [-0.4, -0.2) is 20.3 Å². The minimum atomic E-state index is 0.338. The largest absolute Gasteiger partial charge is 0.496 e. The van der Waals surface area contributed by atoms with Crippen molar-refractivity contribution in [3.05, 3.63) is 59.7 Å². The Bertz CT molecular complexity index is 598. The van der Waals surface area contributed by atoms with Crippen LogP contribution in [0.2, 0.25) is 0 Å². The van der Waals surface area contributed by atoms with E-state index in [1.807, 2.05) is 36.4 Å². The highest BCUT2D eigenvalue weighted by Crippen LogP contribution is 2.29. The molecule has 2 aromatic carbocycles. The Morgan fingerprint density at radius 2 is 1.65 bits per heavy atom. The van der Waals surface area contributed by atoms with Crippen LogP contribution in [0.3, 0.4) is 0 Å². The molecule has 0 heterocycles. The van der Waals surface area contributed by atoms with Crippen LogP contribution < -0.4 is 15.2 Å². The van der Waals surface area contributed by atoms with Crippen molar-refractivity contribution in [3.8, 4) is 11.5 Å². The van der Waals surface area contributed by atoms with Gasteiger partial charge in [0.2, 0.25) is 0 Å². The highest BCUT2D eigenvalue weighted by Gasteiger charge is 2.13. The molecule has 2 N–H and O–H groups in total. The number of ether oxygens (including phenoxy) is 2. The van der Waals surface area contributed by atoms with Crippen LogP contribution in [0.1, 0.15) is 36.3 Å². The summed E-state index contributed by atoms with van der Waals surface area (Å²) in [7, 11) is 1.71. The van der Waals surface area contributed by atoms with Gasteiger partial charge < -0.3 is 15.2 Å². The topological polar surface area (TPSA) is 44.5 Å². The molecule has 1 unspecified atom stereocenters. The van der Waals surface area contributed by atoms with E-state index >= 15 is 0 Å². The predicted molar refractivity (Wildman–Crippen MR) is 95.3 cm³/mol. The first-order valence-electron chi connectivity index (χ1n) is 8.27. The van der Waals surface area contributed by atoms with E-state index in [0.717, 1.165) is 37.4 Å². The lowest BCUT2D eigenvalue weighted by atomic mass is 9.93. The monoisotopic (exact) mass is 313 g/mol. The molecule has 0 spiro atoms. The quantitative estimate of drug-likeness (QED) is 0.702. The number of methoxy groups -OCH3 is 1. The van der Waals surface area contributed by atoms with Gasteiger partial charge in [-0.15, -0.1) is 0 Å². The van der Waals surface area contributed by atoms with Gasteiger partial charge in [-0.25, -0.2) is 0 Å². The van der Waals surface area contributed by atoms with Crippen molar-refractivity contribution in [1.82, 2.24) is 0 Å². The van der Waals surface area contributed by atoms with Crippen molar-refractivity contribution < 1.29 is 9.47 Å². The molecule has 0 aromatic heterocycles. The Kier molecular flexibility index (Phi) is 6.95. The zero-order valence-electron chi connectivity index (χ0n) is 14.1. The van der Waals surface area contributed by atoms with Crippen LogP contribution in [0.15, 0.2) is 48.5 Å². The second kappa shape index (κ2) is 9.21. The molecule has 0 saturated carbocycles. The van der Waals surface area contributed by atoms with Crippen LogP contribution >= 0.6 is 0 Å². The SMILES string of the molecule is COc1ccccc1C(CN)CCCCOc1ccccc1C. The number of para-hydroxylation sites is 2. The molecule has 0 aliphatic rings. The summed E-state index contributed by atoms with van der Waals surface area (Å²) in [6.45, 7) is 3.45. The molecule has 23 heavy (non-hydrogen) atoms. The van der Waals surface area contributed by atoms with Crippen molar-refractivity contribution in [2.45, 2.75) is 32.1 Å². The van der Waals surface area contributed by atoms with E-state index in [4.69, 9.17) is 15.2 Å². The molecule has 3 heteroatoms. The number of unbranched alkanes of at least 4 members (excludes halogenated alkanes) is 1. The minimum Gasteiger partial charge on any atom is -0.496 e. The molecular formula is C20H27NO2. The highest BCUT2D eigenvalue weighted by molar-refractivity contribution is 5.36. The molecule has 0 amide bonds. The van der Waals surface area contributed by atoms with E-state index in [9.17, 15) is 0 Å². The van der Waals surface area contributed by atoms with E-state index in [0.29, 0.717) is 12.5 Å². The van der Waals surface area contributed by atoms with Crippen LogP contribution in [0.5, 0.6) is 11.5 Å². The van der Waals surface area contributed by atoms with Crippen molar-refractivity contribution in [2.75, 3.05) is 20.3 Å². The van der Waals surface area contributed by atoms with Crippen molar-refractivity contribution in [2.24, 2.45) is 5.73 Å². The molecule has 124 valence electrons. The number of aryl methyl sites for hydroxylation is 1. The van der Waals surface area contributed by atoms with Crippen molar-refractivity contribution in [3.63, 3.8) is 0 Å². The van der Waals surface area contributed by atoms with Gasteiger partial charge in [0.15, 0.2) is 0 Å². The summed E-state index contributed by atoms with van der Waals surface area (Å²) in [5, 5.41) is 0. The zero-order chi connectivity index (χ0) is 16.5. The molecule has 0 aliphatic heterocycles. The molecule has 2 aromatic rings. The van der Waals surface area contributed by atoms with Gasteiger partial charge in [0.25, 0.3) is 0 Å². The smallest absolute Gasteiger partial charge is 0.122 e. The number of benzene rings is 2. The Morgan fingerprint density at radius 3 is 2.35 bits per heavy atom. The lowest BCUT2D eigenvalue weighted by molar-refractivity contribution is 0.301. The normalized spacial score (nSPS) is 12.0. The number of nitrogens with two attached hydrogens (primary N) is 1. The van der Waals surface area contributed by atoms with Crippen molar-refractivity contribution in [1.29, 1.82) is 0 Å². The zero-order valence-corrected chi connectivity index (χ0v) is 14.1. The highest BCUT2D eigenvalue weighted by atomic mass is 16.5. The van der Waals surface area contributed by atoms with Crippen molar-refractivity contribution >= 4 is 0 Å². The second-order valence-corrected chi connectivity index (χ2v) is 5.78. The Balaban J connectivity index is 1.79. The molecule has 0 bridgehead atoms. The average Bonchev–Trinajstić information content (AvgIpc) is 2.59. The fourth-order valence-corrected chi connectivity index (χ4v) is 2.80. The van der Waals surface area contributed by atoms with Gasteiger partial charge in [0, 0.05) is 0 Å². The van der Waals surface area contributed by atoms with E-state index < -0.39 is 0 Å². The molecule has 2 rings (SSSR count). The third kappa shape index (κ3) is 5.00. The number of rotatable bonds is 9. The maximum Gasteiger partial charge on any atom is 0.122 e. The molecule has 0 radical (unpaired) electrons. The average molecular weight is 313 g/mol. The molecule has 0 saturated heterocycles. The van der Waals surface area contributed by atoms with E-state index in [1.54, 1.807) is 7.11 Å². The number of hydrogen-bond donors (Lipinski definition) is 1. The van der Waals surface area contributed by atoms with Crippen LogP contribution in [0.25, 0.3) is 0 Å². The summed E-state index contributed by atoms with van der Waals surface area (Å²) in [5.41, 5.74) is 8.35. The van der Waals surface area contributed by atoms with Crippen LogP contribution in [0, 0.1) is 6.92 Å². The molecule has 0 aliphatic carbocycles.